The van der Waals surface area contributed by atoms with E-state index in [1.165, 1.54) is 11.9 Å². The zero-order chi connectivity index (χ0) is 22.3. The summed E-state index contributed by atoms with van der Waals surface area (Å²) in [6, 6.07) is 1.96. The molecule has 3 aliphatic rings. The Morgan fingerprint density at radius 2 is 2.10 bits per heavy atom. The Kier molecular flexibility index (Phi) is 5.57. The van der Waals surface area contributed by atoms with E-state index >= 15 is 0 Å². The van der Waals surface area contributed by atoms with E-state index in [4.69, 9.17) is 15.6 Å². The molecule has 0 spiro atoms. The highest BCUT2D eigenvalue weighted by molar-refractivity contribution is 7.97. The average molecular weight is 440 g/mol. The molecule has 1 aromatic rings. The summed E-state index contributed by atoms with van der Waals surface area (Å²) in [6.45, 7) is 4.29. The summed E-state index contributed by atoms with van der Waals surface area (Å²) in [5.74, 6) is 1.81. The van der Waals surface area contributed by atoms with Gasteiger partial charge in [0.2, 0.25) is 5.91 Å². The number of amidine groups is 1. The molecule has 2 aliphatic heterocycles. The molecule has 1 aliphatic carbocycles. The van der Waals surface area contributed by atoms with E-state index in [1.807, 2.05) is 19.9 Å². The molecule has 0 bridgehead atoms. The van der Waals surface area contributed by atoms with E-state index in [-0.39, 0.29) is 5.91 Å². The quantitative estimate of drug-likeness (QED) is 0.605. The van der Waals surface area contributed by atoms with Crippen molar-refractivity contribution in [1.29, 1.82) is 0 Å². The van der Waals surface area contributed by atoms with Gasteiger partial charge < -0.3 is 15.4 Å². The van der Waals surface area contributed by atoms with Crippen molar-refractivity contribution in [3.8, 4) is 17.0 Å². The van der Waals surface area contributed by atoms with Gasteiger partial charge in [-0.15, -0.1) is 0 Å². The van der Waals surface area contributed by atoms with Crippen LogP contribution in [0.1, 0.15) is 33.6 Å². The summed E-state index contributed by atoms with van der Waals surface area (Å²) in [4.78, 5) is 20.1. The Morgan fingerprint density at radius 1 is 1.32 bits per heavy atom. The molecule has 0 saturated carbocycles. The van der Waals surface area contributed by atoms with Crippen LogP contribution in [-0.4, -0.2) is 57.8 Å². The summed E-state index contributed by atoms with van der Waals surface area (Å²) in [5.41, 5.74) is 13.1. The maximum absolute atomic E-state index is 12.3. The molecule has 1 aromatic heterocycles. The Morgan fingerprint density at radius 3 is 2.81 bits per heavy atom. The number of pyridine rings is 1. The van der Waals surface area contributed by atoms with Crippen LogP contribution in [0.25, 0.3) is 11.3 Å². The highest BCUT2D eigenvalue weighted by Gasteiger charge is 2.28. The van der Waals surface area contributed by atoms with E-state index in [2.05, 4.69) is 14.5 Å². The van der Waals surface area contributed by atoms with Gasteiger partial charge >= 0.3 is 0 Å². The second-order valence-corrected chi connectivity index (χ2v) is 8.48. The molecule has 31 heavy (non-hydrogen) atoms. The second-order valence-electron chi connectivity index (χ2n) is 7.75. The summed E-state index contributed by atoms with van der Waals surface area (Å²) < 4.78 is 9.89. The number of carbonyl (C=O) groups excluding carboxylic acids is 1. The summed E-state index contributed by atoms with van der Waals surface area (Å²) in [7, 11) is 5.16. The topological polar surface area (TPSA) is 112 Å². The van der Waals surface area contributed by atoms with Crippen molar-refractivity contribution < 1.29 is 9.53 Å². The van der Waals surface area contributed by atoms with Crippen LogP contribution in [0.2, 0.25) is 0 Å². The van der Waals surface area contributed by atoms with Crippen LogP contribution < -0.4 is 10.5 Å². The fourth-order valence-corrected chi connectivity index (χ4v) is 4.51. The predicted molar refractivity (Wildman–Crippen MR) is 120 cm³/mol. The molecule has 162 valence electrons. The molecule has 3 heterocycles. The molecule has 0 fully saturated rings. The van der Waals surface area contributed by atoms with Crippen LogP contribution in [0, 0.1) is 13.8 Å². The Bertz CT molecular complexity index is 1170. The summed E-state index contributed by atoms with van der Waals surface area (Å²) >= 11 is 1.36. The lowest BCUT2D eigenvalue weighted by atomic mass is 10.1. The minimum atomic E-state index is 0.0312. The van der Waals surface area contributed by atoms with Crippen LogP contribution in [0.15, 0.2) is 16.7 Å². The minimum absolute atomic E-state index is 0.0312. The van der Waals surface area contributed by atoms with Crippen molar-refractivity contribution in [2.45, 2.75) is 32.6 Å². The SMILES string of the molecule is COc1c(C)cnc(Cn2nc3cc(CC(=O)N(C)C)c4c-3c(n2)C(N)=NSC4)c1C. The van der Waals surface area contributed by atoms with E-state index in [1.54, 1.807) is 37.1 Å². The number of hydrogen-bond donors (Lipinski definition) is 1. The van der Waals surface area contributed by atoms with Gasteiger partial charge in [-0.3, -0.25) is 9.78 Å². The van der Waals surface area contributed by atoms with Gasteiger partial charge in [0, 0.05) is 42.7 Å². The molecule has 0 aromatic carbocycles. The first-order valence-electron chi connectivity index (χ1n) is 9.84. The second kappa shape index (κ2) is 8.18. The summed E-state index contributed by atoms with van der Waals surface area (Å²) in [5, 5.41) is 9.40. The van der Waals surface area contributed by atoms with Crippen LogP contribution in [0.3, 0.4) is 0 Å². The first-order valence-corrected chi connectivity index (χ1v) is 10.8. The number of ether oxygens (including phenoxy) is 1. The van der Waals surface area contributed by atoms with Gasteiger partial charge in [0.15, 0.2) is 5.84 Å². The molecular formula is C21H25N7O2S. The normalized spacial score (nSPS) is 13.1. The molecule has 1 amide bonds. The number of likely N-dealkylation sites (N-methyl/N-ethyl adjacent to an activating group) is 1. The van der Waals surface area contributed by atoms with Gasteiger partial charge in [0.1, 0.15) is 18.0 Å². The van der Waals surface area contributed by atoms with Gasteiger partial charge in [-0.05, 0) is 43.0 Å². The monoisotopic (exact) mass is 439 g/mol. The molecule has 4 rings (SSSR count). The van der Waals surface area contributed by atoms with Crippen LogP contribution in [-0.2, 0) is 23.5 Å². The van der Waals surface area contributed by atoms with Crippen molar-refractivity contribution >= 4 is 23.7 Å². The zero-order valence-corrected chi connectivity index (χ0v) is 19.1. The molecular weight excluding hydrogens is 414 g/mol. The fourth-order valence-electron chi connectivity index (χ4n) is 3.76. The number of nitrogens with two attached hydrogens (primary N) is 1. The molecule has 9 nitrogen and oxygen atoms in total. The van der Waals surface area contributed by atoms with E-state index in [0.29, 0.717) is 30.2 Å². The molecule has 0 radical (unpaired) electrons. The van der Waals surface area contributed by atoms with E-state index in [0.717, 1.165) is 45.0 Å². The van der Waals surface area contributed by atoms with Crippen molar-refractivity contribution in [3.63, 3.8) is 0 Å². The molecule has 2 N–H and O–H groups in total. The predicted octanol–water partition coefficient (Wildman–Crippen LogP) is 1.95. The zero-order valence-electron chi connectivity index (χ0n) is 18.3. The Balaban J connectivity index is 1.81. The first kappa shape index (κ1) is 21.1. The van der Waals surface area contributed by atoms with E-state index in [9.17, 15) is 4.79 Å². The largest absolute Gasteiger partial charge is 0.496 e. The lowest BCUT2D eigenvalue weighted by molar-refractivity contribution is -0.127. The van der Waals surface area contributed by atoms with Crippen LogP contribution in [0.5, 0.6) is 5.75 Å². The maximum Gasteiger partial charge on any atom is 0.226 e. The molecule has 0 saturated heterocycles. The summed E-state index contributed by atoms with van der Waals surface area (Å²) in [6.07, 6.45) is 2.09. The smallest absolute Gasteiger partial charge is 0.226 e. The Hall–Kier alpha value is -3.14. The lowest BCUT2D eigenvalue weighted by Gasteiger charge is -2.15. The number of methoxy groups -OCH3 is 1. The van der Waals surface area contributed by atoms with Crippen molar-refractivity contribution in [2.24, 2.45) is 10.1 Å². The number of amides is 1. The number of carbonyl (C=O) groups is 1. The number of hydrogen-bond acceptors (Lipinski definition) is 8. The van der Waals surface area contributed by atoms with Gasteiger partial charge in [0.25, 0.3) is 0 Å². The highest BCUT2D eigenvalue weighted by Crippen LogP contribution is 2.38. The fraction of sp³-hybridized carbons (Fsp3) is 0.381. The van der Waals surface area contributed by atoms with E-state index < -0.39 is 0 Å². The number of nitrogens with zero attached hydrogens (tertiary/aromatic N) is 6. The van der Waals surface area contributed by atoms with Crippen LogP contribution >= 0.6 is 11.9 Å². The third-order valence-corrected chi connectivity index (χ3v) is 6.17. The highest BCUT2D eigenvalue weighted by atomic mass is 32.2. The maximum atomic E-state index is 12.3. The third-order valence-electron chi connectivity index (χ3n) is 5.43. The minimum Gasteiger partial charge on any atom is -0.496 e. The number of aryl methyl sites for hydroxylation is 1. The van der Waals surface area contributed by atoms with Crippen molar-refractivity contribution in [3.05, 3.63) is 45.9 Å². The lowest BCUT2D eigenvalue weighted by Crippen LogP contribution is -2.23. The van der Waals surface area contributed by atoms with Gasteiger partial charge in [-0.2, -0.15) is 19.4 Å². The Labute approximate surface area is 185 Å². The van der Waals surface area contributed by atoms with Crippen LogP contribution in [0.4, 0.5) is 0 Å². The average Bonchev–Trinajstić information content (AvgIpc) is 2.96. The van der Waals surface area contributed by atoms with Crippen molar-refractivity contribution in [1.82, 2.24) is 24.9 Å². The van der Waals surface area contributed by atoms with Gasteiger partial charge in [0.05, 0.1) is 24.9 Å². The number of rotatable bonds is 5. The number of aromatic nitrogens is 4. The first-order chi connectivity index (χ1) is 14.8. The van der Waals surface area contributed by atoms with Gasteiger partial charge in [-0.1, -0.05) is 0 Å². The standard InChI is InChI=1S/C21H25N7O2S/c1-11-8-23-16(12(2)20(11)30-5)9-28-24-15-6-13(7-17(29)27(3)4)14-10-31-26-21(22)19(25-28)18(14)15/h6,8H,7,9-10H2,1-5H3,(H2,22,26). The molecule has 10 heteroatoms. The molecule has 0 atom stereocenters. The third kappa shape index (κ3) is 3.83. The molecule has 0 unspecified atom stereocenters. The van der Waals surface area contributed by atoms with Gasteiger partial charge in [-0.25, -0.2) is 0 Å². The van der Waals surface area contributed by atoms with Crippen molar-refractivity contribution in [2.75, 3.05) is 21.2 Å².